The van der Waals surface area contributed by atoms with Gasteiger partial charge in [0.25, 0.3) is 0 Å². The summed E-state index contributed by atoms with van der Waals surface area (Å²) in [4.78, 5) is 11.8. The number of carbonyl (C=O) groups is 1. The Kier molecular flexibility index (Phi) is 3.60. The first-order valence-corrected chi connectivity index (χ1v) is 6.61. The largest absolute Gasteiger partial charge is 0.384 e. The fourth-order valence-corrected chi connectivity index (χ4v) is 2.35. The summed E-state index contributed by atoms with van der Waals surface area (Å²) in [6.07, 6.45) is 2.45. The predicted octanol–water partition coefficient (Wildman–Crippen LogP) is 2.50. The van der Waals surface area contributed by atoms with Crippen LogP contribution in [0.4, 0.5) is 5.69 Å². The van der Waals surface area contributed by atoms with Gasteiger partial charge in [-0.2, -0.15) is 0 Å². The van der Waals surface area contributed by atoms with Crippen LogP contribution in [-0.2, 0) is 17.6 Å². The van der Waals surface area contributed by atoms with Gasteiger partial charge in [0.1, 0.15) is 0 Å². The number of hydrogen-bond acceptors (Lipinski definition) is 2. The summed E-state index contributed by atoms with van der Waals surface area (Å²) in [7, 11) is 0. The first-order chi connectivity index (χ1) is 8.46. The van der Waals surface area contributed by atoms with Crippen LogP contribution in [0.2, 0.25) is 0 Å². The summed E-state index contributed by atoms with van der Waals surface area (Å²) in [5.41, 5.74) is 3.74. The van der Waals surface area contributed by atoms with Crippen molar-refractivity contribution in [2.45, 2.75) is 45.6 Å². The van der Waals surface area contributed by atoms with Gasteiger partial charge in [0.05, 0.1) is 0 Å². The van der Waals surface area contributed by atoms with Crippen LogP contribution < -0.4 is 10.6 Å². The zero-order chi connectivity index (χ0) is 13.2. The highest BCUT2D eigenvalue weighted by molar-refractivity contribution is 5.77. The summed E-state index contributed by atoms with van der Waals surface area (Å²) in [6, 6.07) is 6.36. The van der Waals surface area contributed by atoms with Gasteiger partial charge in [-0.05, 0) is 44.7 Å². The van der Waals surface area contributed by atoms with Crippen LogP contribution in [0.1, 0.15) is 38.3 Å². The third-order valence-corrected chi connectivity index (χ3v) is 3.07. The van der Waals surface area contributed by atoms with E-state index in [-0.39, 0.29) is 11.4 Å². The summed E-state index contributed by atoms with van der Waals surface area (Å²) in [5, 5.41) is 6.41. The summed E-state index contributed by atoms with van der Waals surface area (Å²) >= 11 is 0. The van der Waals surface area contributed by atoms with E-state index < -0.39 is 0 Å². The normalized spacial score (nSPS) is 13.9. The molecule has 1 aliphatic heterocycles. The van der Waals surface area contributed by atoms with Gasteiger partial charge in [-0.3, -0.25) is 4.79 Å². The molecule has 2 rings (SSSR count). The van der Waals surface area contributed by atoms with E-state index in [0.717, 1.165) is 19.4 Å². The topological polar surface area (TPSA) is 41.1 Å². The molecule has 0 unspecified atom stereocenters. The van der Waals surface area contributed by atoms with Crippen LogP contribution in [0.15, 0.2) is 18.2 Å². The third-order valence-electron chi connectivity index (χ3n) is 3.07. The minimum Gasteiger partial charge on any atom is -0.384 e. The highest BCUT2D eigenvalue weighted by Crippen LogP contribution is 2.27. The van der Waals surface area contributed by atoms with Crippen LogP contribution >= 0.6 is 0 Å². The van der Waals surface area contributed by atoms with Gasteiger partial charge in [0.2, 0.25) is 5.91 Å². The Morgan fingerprint density at radius 1 is 1.39 bits per heavy atom. The number of rotatable bonds is 3. The molecule has 0 aliphatic carbocycles. The van der Waals surface area contributed by atoms with Crippen molar-refractivity contribution in [2.75, 3.05) is 11.9 Å². The molecule has 0 saturated carbocycles. The number of fused-ring (bicyclic) bond motifs is 1. The van der Waals surface area contributed by atoms with Gasteiger partial charge < -0.3 is 10.6 Å². The molecule has 18 heavy (non-hydrogen) atoms. The molecule has 0 aromatic heterocycles. The SMILES string of the molecule is CC(C)(C)NC(=O)CCc1cccc2c1NCC2. The highest BCUT2D eigenvalue weighted by atomic mass is 16.1. The van der Waals surface area contributed by atoms with Crippen molar-refractivity contribution in [3.05, 3.63) is 29.3 Å². The first kappa shape index (κ1) is 12.9. The molecule has 0 spiro atoms. The minimum atomic E-state index is -0.145. The molecular formula is C15H22N2O. The second-order valence-corrected chi connectivity index (χ2v) is 5.93. The van der Waals surface area contributed by atoms with Crippen LogP contribution in [-0.4, -0.2) is 18.0 Å². The van der Waals surface area contributed by atoms with Crippen molar-refractivity contribution < 1.29 is 4.79 Å². The van der Waals surface area contributed by atoms with Crippen molar-refractivity contribution in [1.82, 2.24) is 5.32 Å². The standard InChI is InChI=1S/C15H22N2O/c1-15(2,3)17-13(18)8-7-11-5-4-6-12-9-10-16-14(11)12/h4-6,16H,7-10H2,1-3H3,(H,17,18). The number of aryl methyl sites for hydroxylation is 1. The molecule has 3 nitrogen and oxygen atoms in total. The number of nitrogens with one attached hydrogen (secondary N) is 2. The first-order valence-electron chi connectivity index (χ1n) is 6.61. The number of benzene rings is 1. The number of carbonyl (C=O) groups excluding carboxylic acids is 1. The zero-order valence-electron chi connectivity index (χ0n) is 11.5. The molecule has 3 heteroatoms. The van der Waals surface area contributed by atoms with Gasteiger partial charge in [-0.15, -0.1) is 0 Å². The summed E-state index contributed by atoms with van der Waals surface area (Å²) < 4.78 is 0. The van der Waals surface area contributed by atoms with Crippen molar-refractivity contribution in [3.8, 4) is 0 Å². The van der Waals surface area contributed by atoms with Gasteiger partial charge in [-0.1, -0.05) is 18.2 Å². The molecule has 1 aliphatic rings. The Labute approximate surface area is 109 Å². The van der Waals surface area contributed by atoms with E-state index in [2.05, 4.69) is 28.8 Å². The van der Waals surface area contributed by atoms with E-state index in [9.17, 15) is 4.79 Å². The van der Waals surface area contributed by atoms with Crippen molar-refractivity contribution >= 4 is 11.6 Å². The molecule has 98 valence electrons. The number of amides is 1. The monoisotopic (exact) mass is 246 g/mol. The lowest BCUT2D eigenvalue weighted by atomic mass is 10.0. The highest BCUT2D eigenvalue weighted by Gasteiger charge is 2.16. The molecular weight excluding hydrogens is 224 g/mol. The van der Waals surface area contributed by atoms with Crippen LogP contribution in [0.25, 0.3) is 0 Å². The minimum absolute atomic E-state index is 0.123. The number of hydrogen-bond donors (Lipinski definition) is 2. The van der Waals surface area contributed by atoms with Crippen molar-refractivity contribution in [1.29, 1.82) is 0 Å². The molecule has 1 heterocycles. The fraction of sp³-hybridized carbons (Fsp3) is 0.533. The van der Waals surface area contributed by atoms with E-state index in [4.69, 9.17) is 0 Å². The molecule has 1 aromatic carbocycles. The maximum Gasteiger partial charge on any atom is 0.220 e. The second kappa shape index (κ2) is 5.01. The molecule has 0 atom stereocenters. The van der Waals surface area contributed by atoms with Gasteiger partial charge >= 0.3 is 0 Å². The molecule has 0 saturated heterocycles. The smallest absolute Gasteiger partial charge is 0.220 e. The Morgan fingerprint density at radius 2 is 2.17 bits per heavy atom. The molecule has 1 aromatic rings. The molecule has 2 N–H and O–H groups in total. The second-order valence-electron chi connectivity index (χ2n) is 5.93. The van der Waals surface area contributed by atoms with Crippen molar-refractivity contribution in [3.63, 3.8) is 0 Å². The van der Waals surface area contributed by atoms with Gasteiger partial charge in [0, 0.05) is 24.2 Å². The Hall–Kier alpha value is -1.51. The van der Waals surface area contributed by atoms with E-state index >= 15 is 0 Å². The summed E-state index contributed by atoms with van der Waals surface area (Å²) in [5.74, 6) is 0.123. The Morgan fingerprint density at radius 3 is 2.89 bits per heavy atom. The lowest BCUT2D eigenvalue weighted by Crippen LogP contribution is -2.40. The number of para-hydroxylation sites is 1. The van der Waals surface area contributed by atoms with E-state index in [1.165, 1.54) is 16.8 Å². The van der Waals surface area contributed by atoms with E-state index in [1.807, 2.05) is 20.8 Å². The van der Waals surface area contributed by atoms with Gasteiger partial charge in [0.15, 0.2) is 0 Å². The lowest BCUT2D eigenvalue weighted by molar-refractivity contribution is -0.122. The molecule has 0 fully saturated rings. The number of anilines is 1. The van der Waals surface area contributed by atoms with E-state index in [1.54, 1.807) is 0 Å². The zero-order valence-corrected chi connectivity index (χ0v) is 11.5. The maximum absolute atomic E-state index is 11.8. The molecule has 0 radical (unpaired) electrons. The Bertz CT molecular complexity index is 446. The average molecular weight is 246 g/mol. The van der Waals surface area contributed by atoms with Crippen molar-refractivity contribution in [2.24, 2.45) is 0 Å². The average Bonchev–Trinajstić information content (AvgIpc) is 2.72. The van der Waals surface area contributed by atoms with Crippen LogP contribution in [0, 0.1) is 0 Å². The van der Waals surface area contributed by atoms with Crippen LogP contribution in [0.3, 0.4) is 0 Å². The van der Waals surface area contributed by atoms with Crippen LogP contribution in [0.5, 0.6) is 0 Å². The summed E-state index contributed by atoms with van der Waals surface area (Å²) in [6.45, 7) is 7.03. The maximum atomic E-state index is 11.8. The quantitative estimate of drug-likeness (QED) is 0.860. The predicted molar refractivity (Wildman–Crippen MR) is 74.9 cm³/mol. The van der Waals surface area contributed by atoms with E-state index in [0.29, 0.717) is 6.42 Å². The lowest BCUT2D eigenvalue weighted by Gasteiger charge is -2.20. The molecule has 1 amide bonds. The van der Waals surface area contributed by atoms with Gasteiger partial charge in [-0.25, -0.2) is 0 Å². The fourth-order valence-electron chi connectivity index (χ4n) is 2.35. The molecule has 0 bridgehead atoms. The third kappa shape index (κ3) is 3.25. The Balaban J connectivity index is 1.95.